The number of hydrogen-bond donors (Lipinski definition) is 3. The predicted octanol–water partition coefficient (Wildman–Crippen LogP) is 3.49. The Morgan fingerprint density at radius 2 is 2.00 bits per heavy atom. The molecule has 1 unspecified atom stereocenters. The Balaban J connectivity index is 1.71. The summed E-state index contributed by atoms with van der Waals surface area (Å²) in [5, 5.41) is 18.8. The molecule has 3 rings (SSSR count). The van der Waals surface area contributed by atoms with E-state index in [0.717, 1.165) is 18.5 Å². The lowest BCUT2D eigenvalue weighted by atomic mass is 10.0. The average Bonchev–Trinajstić information content (AvgIpc) is 3.29. The minimum absolute atomic E-state index is 0.306. The van der Waals surface area contributed by atoms with Crippen LogP contribution in [0.4, 0.5) is 5.69 Å². The summed E-state index contributed by atoms with van der Waals surface area (Å²) in [5.74, 6) is -1.30. The number of rotatable bonds is 5. The number of nitrogens with one attached hydrogen (secondary N) is 2. The SMILES string of the molecule is CC(C(=O)O)c1ccc(NC(=O)c2n[nH]c(C3CC3)c2Br)cc1. The Labute approximate surface area is 141 Å². The van der Waals surface area contributed by atoms with Crippen LogP contribution >= 0.6 is 15.9 Å². The Bertz CT molecular complexity index is 750. The predicted molar refractivity (Wildman–Crippen MR) is 88.7 cm³/mol. The Hall–Kier alpha value is -2.15. The van der Waals surface area contributed by atoms with Gasteiger partial charge in [-0.2, -0.15) is 5.10 Å². The van der Waals surface area contributed by atoms with Crippen LogP contribution in [-0.4, -0.2) is 27.2 Å². The molecule has 2 aromatic rings. The molecule has 1 fully saturated rings. The number of anilines is 1. The number of aliphatic carboxylic acids is 1. The number of nitrogens with zero attached hydrogens (tertiary/aromatic N) is 1. The lowest BCUT2D eigenvalue weighted by molar-refractivity contribution is -0.138. The first-order valence-corrected chi connectivity index (χ1v) is 8.14. The third-order valence-corrected chi connectivity index (χ3v) is 4.77. The lowest BCUT2D eigenvalue weighted by Gasteiger charge is -2.08. The molecule has 0 aliphatic heterocycles. The standard InChI is InChI=1S/C16H16BrN3O3/c1-8(16(22)23)9-4-6-11(7-5-9)18-15(21)14-12(17)13(19-20-14)10-2-3-10/h4-8,10H,2-3H2,1H3,(H,18,21)(H,19,20)(H,22,23). The van der Waals surface area contributed by atoms with Crippen LogP contribution in [0.5, 0.6) is 0 Å². The fourth-order valence-corrected chi connectivity index (χ4v) is 3.00. The first kappa shape index (κ1) is 15.7. The van der Waals surface area contributed by atoms with E-state index in [9.17, 15) is 9.59 Å². The maximum Gasteiger partial charge on any atom is 0.310 e. The van der Waals surface area contributed by atoms with Crippen LogP contribution in [0, 0.1) is 0 Å². The lowest BCUT2D eigenvalue weighted by Crippen LogP contribution is -2.13. The summed E-state index contributed by atoms with van der Waals surface area (Å²) in [6.45, 7) is 1.62. The maximum atomic E-state index is 12.3. The number of carboxylic acid groups (broad SMARTS) is 1. The fourth-order valence-electron chi connectivity index (χ4n) is 2.32. The monoisotopic (exact) mass is 377 g/mol. The van der Waals surface area contributed by atoms with Crippen LogP contribution in [0.25, 0.3) is 0 Å². The summed E-state index contributed by atoms with van der Waals surface area (Å²) in [6.07, 6.45) is 2.23. The average molecular weight is 378 g/mol. The Morgan fingerprint density at radius 1 is 1.35 bits per heavy atom. The largest absolute Gasteiger partial charge is 0.481 e. The van der Waals surface area contributed by atoms with Gasteiger partial charge in [-0.1, -0.05) is 12.1 Å². The molecule has 6 nitrogen and oxygen atoms in total. The molecule has 1 heterocycles. The van der Waals surface area contributed by atoms with E-state index in [1.165, 1.54) is 0 Å². The molecule has 1 aromatic carbocycles. The molecule has 1 saturated carbocycles. The zero-order valence-electron chi connectivity index (χ0n) is 12.5. The number of carbonyl (C=O) groups is 2. The third kappa shape index (κ3) is 3.29. The van der Waals surface area contributed by atoms with E-state index in [1.807, 2.05) is 0 Å². The highest BCUT2D eigenvalue weighted by atomic mass is 79.9. The van der Waals surface area contributed by atoms with E-state index in [0.29, 0.717) is 27.3 Å². The second-order valence-corrected chi connectivity index (χ2v) is 6.50. The molecule has 0 saturated heterocycles. The smallest absolute Gasteiger partial charge is 0.310 e. The number of H-pyrrole nitrogens is 1. The minimum Gasteiger partial charge on any atom is -0.481 e. The van der Waals surface area contributed by atoms with Crippen LogP contribution in [0.15, 0.2) is 28.7 Å². The van der Waals surface area contributed by atoms with Crippen molar-refractivity contribution in [3.8, 4) is 0 Å². The van der Waals surface area contributed by atoms with Gasteiger partial charge in [0.15, 0.2) is 5.69 Å². The number of benzene rings is 1. The second-order valence-electron chi connectivity index (χ2n) is 5.71. The van der Waals surface area contributed by atoms with Crippen LogP contribution in [-0.2, 0) is 4.79 Å². The third-order valence-electron chi connectivity index (χ3n) is 3.97. The number of hydrogen-bond acceptors (Lipinski definition) is 3. The highest BCUT2D eigenvalue weighted by molar-refractivity contribution is 9.10. The van der Waals surface area contributed by atoms with Crippen molar-refractivity contribution in [2.24, 2.45) is 0 Å². The number of aromatic nitrogens is 2. The van der Waals surface area contributed by atoms with E-state index in [-0.39, 0.29) is 5.91 Å². The van der Waals surface area contributed by atoms with Crippen LogP contribution < -0.4 is 5.32 Å². The van der Waals surface area contributed by atoms with Gasteiger partial charge in [0.05, 0.1) is 16.1 Å². The zero-order valence-corrected chi connectivity index (χ0v) is 14.1. The second kappa shape index (κ2) is 6.16. The first-order chi connectivity index (χ1) is 11.0. The zero-order chi connectivity index (χ0) is 16.6. The van der Waals surface area contributed by atoms with Gasteiger partial charge in [0.1, 0.15) is 0 Å². The molecule has 1 amide bonds. The van der Waals surface area contributed by atoms with Crippen LogP contribution in [0.3, 0.4) is 0 Å². The van der Waals surface area contributed by atoms with Crippen molar-refractivity contribution in [1.82, 2.24) is 10.2 Å². The van der Waals surface area contributed by atoms with Gasteiger partial charge in [-0.15, -0.1) is 0 Å². The molecule has 1 atom stereocenters. The van der Waals surface area contributed by atoms with Gasteiger partial charge in [-0.25, -0.2) is 0 Å². The van der Waals surface area contributed by atoms with Crippen molar-refractivity contribution >= 4 is 33.5 Å². The van der Waals surface area contributed by atoms with Crippen molar-refractivity contribution in [2.45, 2.75) is 31.6 Å². The number of carboxylic acids is 1. The van der Waals surface area contributed by atoms with Gasteiger partial charge in [0.2, 0.25) is 0 Å². The minimum atomic E-state index is -0.880. The normalized spacial score (nSPS) is 15.2. The summed E-state index contributed by atoms with van der Waals surface area (Å²) < 4.78 is 0.716. The van der Waals surface area contributed by atoms with Crippen molar-refractivity contribution in [2.75, 3.05) is 5.32 Å². The first-order valence-electron chi connectivity index (χ1n) is 7.35. The van der Waals surface area contributed by atoms with Gasteiger partial charge >= 0.3 is 5.97 Å². The quantitative estimate of drug-likeness (QED) is 0.742. The summed E-state index contributed by atoms with van der Waals surface area (Å²) in [7, 11) is 0. The van der Waals surface area contributed by atoms with Crippen LogP contribution in [0.1, 0.15) is 53.3 Å². The number of halogens is 1. The summed E-state index contributed by atoms with van der Waals surface area (Å²) >= 11 is 3.43. The molecule has 120 valence electrons. The molecule has 1 aliphatic carbocycles. The summed E-state index contributed by atoms with van der Waals surface area (Å²) in [6, 6.07) is 6.78. The molecular weight excluding hydrogens is 362 g/mol. The van der Waals surface area contributed by atoms with Gasteiger partial charge in [0.25, 0.3) is 5.91 Å². The van der Waals surface area contributed by atoms with Gasteiger partial charge in [-0.3, -0.25) is 14.7 Å². The van der Waals surface area contributed by atoms with E-state index >= 15 is 0 Å². The highest BCUT2D eigenvalue weighted by Gasteiger charge is 2.30. The molecule has 1 aromatic heterocycles. The van der Waals surface area contributed by atoms with Crippen molar-refractivity contribution in [1.29, 1.82) is 0 Å². The summed E-state index contributed by atoms with van der Waals surface area (Å²) in [4.78, 5) is 23.3. The molecule has 23 heavy (non-hydrogen) atoms. The molecular formula is C16H16BrN3O3. The van der Waals surface area contributed by atoms with Crippen molar-refractivity contribution in [3.63, 3.8) is 0 Å². The number of aromatic amines is 1. The topological polar surface area (TPSA) is 95.1 Å². The van der Waals surface area contributed by atoms with Gasteiger partial charge < -0.3 is 10.4 Å². The summed E-state index contributed by atoms with van der Waals surface area (Å²) in [5.41, 5.74) is 2.59. The van der Waals surface area contributed by atoms with E-state index in [2.05, 4.69) is 31.4 Å². The molecule has 0 spiro atoms. The van der Waals surface area contributed by atoms with Crippen LogP contribution in [0.2, 0.25) is 0 Å². The maximum absolute atomic E-state index is 12.3. The molecule has 7 heteroatoms. The molecule has 0 radical (unpaired) electrons. The van der Waals surface area contributed by atoms with E-state index < -0.39 is 11.9 Å². The van der Waals surface area contributed by atoms with E-state index in [1.54, 1.807) is 31.2 Å². The van der Waals surface area contributed by atoms with Gasteiger partial charge in [0, 0.05) is 11.6 Å². The number of carbonyl (C=O) groups excluding carboxylic acids is 1. The molecule has 0 bridgehead atoms. The highest BCUT2D eigenvalue weighted by Crippen LogP contribution is 2.42. The Kier molecular flexibility index (Phi) is 4.21. The van der Waals surface area contributed by atoms with Crippen molar-refractivity contribution < 1.29 is 14.7 Å². The van der Waals surface area contributed by atoms with E-state index in [4.69, 9.17) is 5.11 Å². The Morgan fingerprint density at radius 3 is 2.57 bits per heavy atom. The molecule has 3 N–H and O–H groups in total. The molecule has 1 aliphatic rings. The fraction of sp³-hybridized carbons (Fsp3) is 0.312. The van der Waals surface area contributed by atoms with Gasteiger partial charge in [-0.05, 0) is 53.4 Å². The van der Waals surface area contributed by atoms with Crippen molar-refractivity contribution in [3.05, 3.63) is 45.7 Å². The number of amides is 1.